The Labute approximate surface area is 188 Å². The summed E-state index contributed by atoms with van der Waals surface area (Å²) in [5, 5.41) is 14.8. The lowest BCUT2D eigenvalue weighted by molar-refractivity contribution is -0.192. The van der Waals surface area contributed by atoms with Crippen LogP contribution in [0.1, 0.15) is 31.7 Å². The standard InChI is InChI=1S/C19H25N5O2.C2HF3O2/c1-12-9-16-15(24-13(2)18(25)22-21-17(24)11-26-16)10-14(12)23-8-5-19(23)3-6-20-7-4-19;3-2(4,5)1(6)7/h9-10,13,20H,3-8,11H2,1-2H3,(H,22,25);(H,6,7). The molecule has 4 aliphatic rings. The van der Waals surface area contributed by atoms with Gasteiger partial charge in [-0.15, -0.1) is 0 Å². The highest BCUT2D eigenvalue weighted by molar-refractivity contribution is 6.09. The first kappa shape index (κ1) is 23.1. The summed E-state index contributed by atoms with van der Waals surface area (Å²) in [6.07, 6.45) is -1.44. The van der Waals surface area contributed by atoms with Crippen molar-refractivity contribution in [1.29, 1.82) is 0 Å². The number of fused-ring (bicyclic) bond motifs is 3. The second kappa shape index (κ2) is 8.40. The number of amidine groups is 1. The van der Waals surface area contributed by atoms with Gasteiger partial charge in [0.05, 0.1) is 5.69 Å². The molecule has 3 N–H and O–H groups in total. The molecule has 4 heterocycles. The van der Waals surface area contributed by atoms with Crippen molar-refractivity contribution < 1.29 is 32.6 Å². The molecule has 5 rings (SSSR count). The zero-order chi connectivity index (χ0) is 24.0. The second-order valence-electron chi connectivity index (χ2n) is 8.62. The Morgan fingerprint density at radius 2 is 1.91 bits per heavy atom. The number of carbonyl (C=O) groups is 2. The molecular formula is C21H26F3N5O4. The number of piperidine rings is 1. The molecule has 0 saturated carbocycles. The number of benzene rings is 1. The van der Waals surface area contributed by atoms with Crippen molar-refractivity contribution in [2.24, 2.45) is 5.10 Å². The van der Waals surface area contributed by atoms with E-state index in [2.05, 4.69) is 39.8 Å². The molecule has 12 heteroatoms. The van der Waals surface area contributed by atoms with Crippen molar-refractivity contribution >= 4 is 29.1 Å². The third-order valence-electron chi connectivity index (χ3n) is 6.67. The summed E-state index contributed by atoms with van der Waals surface area (Å²) in [6, 6.07) is 4.04. The fourth-order valence-corrected chi connectivity index (χ4v) is 4.78. The minimum absolute atomic E-state index is 0.0810. The fourth-order valence-electron chi connectivity index (χ4n) is 4.78. The van der Waals surface area contributed by atoms with Gasteiger partial charge in [-0.05, 0) is 63.9 Å². The molecule has 0 aromatic heterocycles. The molecule has 1 spiro atoms. The molecular weight excluding hydrogens is 443 g/mol. The maximum Gasteiger partial charge on any atom is 0.490 e. The number of anilines is 2. The number of nitrogens with one attached hydrogen (secondary N) is 2. The van der Waals surface area contributed by atoms with Crippen molar-refractivity contribution in [1.82, 2.24) is 10.7 Å². The monoisotopic (exact) mass is 469 g/mol. The maximum absolute atomic E-state index is 12.1. The lowest BCUT2D eigenvalue weighted by Crippen LogP contribution is -2.64. The Balaban J connectivity index is 0.000000325. The first-order valence-corrected chi connectivity index (χ1v) is 10.7. The van der Waals surface area contributed by atoms with Crippen LogP contribution in [-0.4, -0.2) is 66.8 Å². The van der Waals surface area contributed by atoms with Gasteiger partial charge in [-0.3, -0.25) is 4.79 Å². The van der Waals surface area contributed by atoms with E-state index in [0.29, 0.717) is 12.1 Å². The van der Waals surface area contributed by atoms with Crippen molar-refractivity contribution in [3.63, 3.8) is 0 Å². The van der Waals surface area contributed by atoms with Gasteiger partial charge in [-0.1, -0.05) is 0 Å². The highest BCUT2D eigenvalue weighted by Crippen LogP contribution is 2.47. The molecule has 4 aliphatic heterocycles. The normalized spacial score (nSPS) is 23.1. The van der Waals surface area contributed by atoms with Gasteiger partial charge in [0.1, 0.15) is 18.4 Å². The second-order valence-corrected chi connectivity index (χ2v) is 8.62. The lowest BCUT2D eigenvalue weighted by atomic mass is 9.76. The minimum Gasteiger partial charge on any atom is -0.483 e. The number of aryl methyl sites for hydroxylation is 1. The van der Waals surface area contributed by atoms with Gasteiger partial charge in [0.2, 0.25) is 0 Å². The van der Waals surface area contributed by atoms with E-state index in [0.717, 1.165) is 36.9 Å². The molecule has 33 heavy (non-hydrogen) atoms. The van der Waals surface area contributed by atoms with Gasteiger partial charge in [-0.2, -0.15) is 18.3 Å². The number of hydrogen-bond donors (Lipinski definition) is 3. The highest BCUT2D eigenvalue weighted by Gasteiger charge is 2.46. The van der Waals surface area contributed by atoms with Gasteiger partial charge in [0.25, 0.3) is 5.91 Å². The van der Waals surface area contributed by atoms with Crippen LogP contribution in [0.25, 0.3) is 0 Å². The molecule has 0 bridgehead atoms. The number of carbonyl (C=O) groups excluding carboxylic acids is 1. The van der Waals surface area contributed by atoms with Crippen LogP contribution in [0.2, 0.25) is 0 Å². The molecule has 0 radical (unpaired) electrons. The number of hydrogen-bond acceptors (Lipinski definition) is 7. The third kappa shape index (κ3) is 4.19. The van der Waals surface area contributed by atoms with Crippen molar-refractivity contribution in [3.05, 3.63) is 17.7 Å². The average molecular weight is 469 g/mol. The first-order valence-electron chi connectivity index (χ1n) is 10.7. The molecule has 1 amide bonds. The van der Waals surface area contributed by atoms with Gasteiger partial charge < -0.3 is 25.0 Å². The van der Waals surface area contributed by atoms with Crippen LogP contribution in [0.4, 0.5) is 24.5 Å². The van der Waals surface area contributed by atoms with E-state index < -0.39 is 12.1 Å². The first-order chi connectivity index (χ1) is 15.5. The number of aliphatic carboxylic acids is 1. The molecule has 1 atom stereocenters. The predicted molar refractivity (Wildman–Crippen MR) is 115 cm³/mol. The van der Waals surface area contributed by atoms with Crippen LogP contribution in [0.5, 0.6) is 5.75 Å². The van der Waals surface area contributed by atoms with E-state index >= 15 is 0 Å². The van der Waals surface area contributed by atoms with Crippen LogP contribution >= 0.6 is 0 Å². The largest absolute Gasteiger partial charge is 0.490 e. The van der Waals surface area contributed by atoms with Crippen LogP contribution in [0, 0.1) is 6.92 Å². The number of hydrazone groups is 1. The van der Waals surface area contributed by atoms with E-state index in [1.807, 2.05) is 11.8 Å². The minimum atomic E-state index is -5.08. The molecule has 9 nitrogen and oxygen atoms in total. The van der Waals surface area contributed by atoms with Gasteiger partial charge in [-0.25, -0.2) is 10.2 Å². The van der Waals surface area contributed by atoms with Crippen LogP contribution < -0.4 is 25.3 Å². The summed E-state index contributed by atoms with van der Waals surface area (Å²) in [6.45, 7) is 7.72. The average Bonchev–Trinajstić information content (AvgIpc) is 2.76. The number of alkyl halides is 3. The van der Waals surface area contributed by atoms with E-state index in [1.54, 1.807) is 0 Å². The molecule has 2 fully saturated rings. The molecule has 1 aromatic carbocycles. The third-order valence-corrected chi connectivity index (χ3v) is 6.67. The summed E-state index contributed by atoms with van der Waals surface area (Å²) in [5.74, 6) is -1.23. The Morgan fingerprint density at radius 3 is 2.48 bits per heavy atom. The van der Waals surface area contributed by atoms with Gasteiger partial charge >= 0.3 is 12.1 Å². The van der Waals surface area contributed by atoms with Crippen LogP contribution in [-0.2, 0) is 9.59 Å². The van der Waals surface area contributed by atoms with E-state index in [-0.39, 0.29) is 11.9 Å². The van der Waals surface area contributed by atoms with Crippen molar-refractivity contribution in [2.75, 3.05) is 36.0 Å². The number of rotatable bonds is 1. The van der Waals surface area contributed by atoms with Crippen molar-refractivity contribution in [3.8, 4) is 5.75 Å². The van der Waals surface area contributed by atoms with Gasteiger partial charge in [0, 0.05) is 17.8 Å². The predicted octanol–water partition coefficient (Wildman–Crippen LogP) is 1.99. The Kier molecular flexibility index (Phi) is 5.89. The number of nitrogens with zero attached hydrogens (tertiary/aromatic N) is 3. The topological polar surface area (TPSA) is 107 Å². The highest BCUT2D eigenvalue weighted by atomic mass is 19.4. The summed E-state index contributed by atoms with van der Waals surface area (Å²) < 4.78 is 37.7. The quantitative estimate of drug-likeness (QED) is 0.578. The lowest BCUT2D eigenvalue weighted by Gasteiger charge is -2.57. The van der Waals surface area contributed by atoms with Crippen molar-refractivity contribution in [2.45, 2.75) is 50.9 Å². The number of carboxylic acids is 1. The fraction of sp³-hybridized carbons (Fsp3) is 0.571. The smallest absolute Gasteiger partial charge is 0.483 e. The number of amides is 1. The van der Waals surface area contributed by atoms with E-state index in [4.69, 9.17) is 14.6 Å². The Bertz CT molecular complexity index is 991. The maximum atomic E-state index is 12.1. The summed E-state index contributed by atoms with van der Waals surface area (Å²) in [7, 11) is 0. The zero-order valence-corrected chi connectivity index (χ0v) is 18.3. The molecule has 2 saturated heterocycles. The molecule has 180 valence electrons. The summed E-state index contributed by atoms with van der Waals surface area (Å²) >= 11 is 0. The van der Waals surface area contributed by atoms with Crippen LogP contribution in [0.15, 0.2) is 17.2 Å². The molecule has 1 aromatic rings. The van der Waals surface area contributed by atoms with E-state index in [1.165, 1.54) is 30.5 Å². The number of carboxylic acid groups (broad SMARTS) is 1. The van der Waals surface area contributed by atoms with Crippen LogP contribution in [0.3, 0.4) is 0 Å². The number of halogens is 3. The summed E-state index contributed by atoms with van der Waals surface area (Å²) in [5.41, 5.74) is 6.33. The molecule has 1 unspecified atom stereocenters. The molecule has 0 aliphatic carbocycles. The Hall–Kier alpha value is -3.02. The zero-order valence-electron chi connectivity index (χ0n) is 18.3. The summed E-state index contributed by atoms with van der Waals surface area (Å²) in [4.78, 5) is 25.6. The number of ether oxygens (including phenoxy) is 1. The van der Waals surface area contributed by atoms with E-state index in [9.17, 15) is 18.0 Å². The Morgan fingerprint density at radius 1 is 1.24 bits per heavy atom. The SMILES string of the molecule is Cc1cc2c(cc1N1CCC13CCNCC3)N1C(=NNC(=O)C1C)CO2.O=C(O)C(F)(F)F. The van der Waals surface area contributed by atoms with Gasteiger partial charge in [0.15, 0.2) is 5.84 Å².